The smallest absolute Gasteiger partial charge is 0.313 e. The van der Waals surface area contributed by atoms with Gasteiger partial charge in [-0.1, -0.05) is 6.07 Å². The minimum atomic E-state index is -0.825. The van der Waals surface area contributed by atoms with Gasteiger partial charge in [0.1, 0.15) is 5.75 Å². The number of aryl methyl sites for hydroxylation is 1. The highest BCUT2D eigenvalue weighted by Gasteiger charge is 2.41. The number of fused-ring (bicyclic) bond motifs is 1. The predicted octanol–water partition coefficient (Wildman–Crippen LogP) is 1.68. The molecule has 0 radical (unpaired) electrons. The summed E-state index contributed by atoms with van der Waals surface area (Å²) in [6.07, 6.45) is 1.39. The van der Waals surface area contributed by atoms with Crippen LogP contribution in [0.3, 0.4) is 0 Å². The Kier molecular flexibility index (Phi) is 1.77. The van der Waals surface area contributed by atoms with Crippen LogP contribution in [-0.2, 0) is 16.6 Å². The van der Waals surface area contributed by atoms with E-state index in [1.807, 2.05) is 0 Å². The normalized spacial score (nSPS) is 24.6. The number of carboxylic acid groups (broad SMARTS) is 1. The maximum Gasteiger partial charge on any atom is 0.313 e. The molecular weight excluding hydrogens is 180 g/mol. The molecule has 3 nitrogen and oxygen atoms in total. The van der Waals surface area contributed by atoms with E-state index in [2.05, 4.69) is 0 Å². The molecule has 0 spiro atoms. The Morgan fingerprint density at radius 3 is 2.86 bits per heavy atom. The lowest BCUT2D eigenvalue weighted by Gasteiger charge is -2.19. The lowest BCUT2D eigenvalue weighted by molar-refractivity contribution is -0.143. The van der Waals surface area contributed by atoms with Crippen molar-refractivity contribution < 1.29 is 15.0 Å². The van der Waals surface area contributed by atoms with Gasteiger partial charge in [0.15, 0.2) is 0 Å². The molecular formula is C11H12O3. The SMILES string of the molecule is CC1(C(=O)O)CCc2ccc(O)cc21. The molecule has 2 N–H and O–H groups in total. The van der Waals surface area contributed by atoms with Gasteiger partial charge in [0.25, 0.3) is 0 Å². The lowest BCUT2D eigenvalue weighted by atomic mass is 9.84. The summed E-state index contributed by atoms with van der Waals surface area (Å²) in [5, 5.41) is 18.4. The summed E-state index contributed by atoms with van der Waals surface area (Å²) in [7, 11) is 0. The van der Waals surface area contributed by atoms with Gasteiger partial charge in [-0.05, 0) is 43.0 Å². The second-order valence-corrected chi connectivity index (χ2v) is 3.98. The molecule has 0 saturated heterocycles. The Labute approximate surface area is 82.0 Å². The maximum absolute atomic E-state index is 11.1. The summed E-state index contributed by atoms with van der Waals surface area (Å²) in [4.78, 5) is 11.1. The molecule has 3 heteroatoms. The molecule has 0 amide bonds. The van der Waals surface area contributed by atoms with Crippen LogP contribution in [0.15, 0.2) is 18.2 Å². The van der Waals surface area contributed by atoms with Crippen LogP contribution in [-0.4, -0.2) is 16.2 Å². The highest BCUT2D eigenvalue weighted by Crippen LogP contribution is 2.40. The zero-order valence-electron chi connectivity index (χ0n) is 7.95. The van der Waals surface area contributed by atoms with Crippen molar-refractivity contribution >= 4 is 5.97 Å². The standard InChI is InChI=1S/C11H12O3/c1-11(10(13)14)5-4-7-2-3-8(12)6-9(7)11/h2-3,6,12H,4-5H2,1H3,(H,13,14). The van der Waals surface area contributed by atoms with Crippen LogP contribution in [0, 0.1) is 0 Å². The van der Waals surface area contributed by atoms with Crippen LogP contribution in [0.25, 0.3) is 0 Å². The first-order chi connectivity index (χ1) is 6.54. The van der Waals surface area contributed by atoms with Crippen molar-refractivity contribution in [2.75, 3.05) is 0 Å². The van der Waals surface area contributed by atoms with Gasteiger partial charge in [-0.15, -0.1) is 0 Å². The second kappa shape index (κ2) is 2.74. The largest absolute Gasteiger partial charge is 0.508 e. The van der Waals surface area contributed by atoms with Crippen molar-refractivity contribution in [1.29, 1.82) is 0 Å². The number of aromatic hydroxyl groups is 1. The fourth-order valence-electron chi connectivity index (χ4n) is 2.04. The number of aliphatic carboxylic acids is 1. The fraction of sp³-hybridized carbons (Fsp3) is 0.364. The van der Waals surface area contributed by atoms with E-state index in [1.54, 1.807) is 25.1 Å². The number of carbonyl (C=O) groups is 1. The Bertz CT molecular complexity index is 398. The Hall–Kier alpha value is -1.51. The number of hydrogen-bond donors (Lipinski definition) is 2. The summed E-state index contributed by atoms with van der Waals surface area (Å²) in [5.41, 5.74) is 0.964. The molecule has 0 bridgehead atoms. The third-order valence-corrected chi connectivity index (χ3v) is 3.05. The molecule has 0 saturated carbocycles. The third-order valence-electron chi connectivity index (χ3n) is 3.05. The molecule has 1 atom stereocenters. The van der Waals surface area contributed by atoms with Crippen LogP contribution in [0.5, 0.6) is 5.75 Å². The van der Waals surface area contributed by atoms with E-state index in [9.17, 15) is 9.90 Å². The number of phenolic OH excluding ortho intramolecular Hbond substituents is 1. The Balaban J connectivity index is 2.58. The summed E-state index contributed by atoms with van der Waals surface area (Å²) in [6, 6.07) is 4.97. The molecule has 1 aromatic rings. The zero-order chi connectivity index (χ0) is 10.3. The van der Waals surface area contributed by atoms with Crippen LogP contribution in [0.4, 0.5) is 0 Å². The van der Waals surface area contributed by atoms with E-state index >= 15 is 0 Å². The summed E-state index contributed by atoms with van der Waals surface area (Å²) in [6.45, 7) is 1.71. The van der Waals surface area contributed by atoms with Gasteiger partial charge in [0, 0.05) is 0 Å². The van der Waals surface area contributed by atoms with Crippen molar-refractivity contribution in [3.63, 3.8) is 0 Å². The van der Waals surface area contributed by atoms with Crippen molar-refractivity contribution in [3.05, 3.63) is 29.3 Å². The molecule has 0 heterocycles. The third kappa shape index (κ3) is 1.09. The minimum absolute atomic E-state index is 0.137. The lowest BCUT2D eigenvalue weighted by Crippen LogP contribution is -2.29. The van der Waals surface area contributed by atoms with Crippen LogP contribution < -0.4 is 0 Å². The monoisotopic (exact) mass is 192 g/mol. The summed E-state index contributed by atoms with van der Waals surface area (Å²) in [5.74, 6) is -0.681. The minimum Gasteiger partial charge on any atom is -0.508 e. The highest BCUT2D eigenvalue weighted by atomic mass is 16.4. The molecule has 0 aromatic heterocycles. The molecule has 1 aliphatic rings. The first-order valence-corrected chi connectivity index (χ1v) is 4.60. The van der Waals surface area contributed by atoms with E-state index in [0.29, 0.717) is 6.42 Å². The summed E-state index contributed by atoms with van der Waals surface area (Å²) < 4.78 is 0. The molecule has 1 aromatic carbocycles. The number of benzene rings is 1. The van der Waals surface area contributed by atoms with Gasteiger partial charge in [-0.25, -0.2) is 0 Å². The van der Waals surface area contributed by atoms with E-state index < -0.39 is 11.4 Å². The molecule has 74 valence electrons. The van der Waals surface area contributed by atoms with Crippen LogP contribution >= 0.6 is 0 Å². The Morgan fingerprint density at radius 2 is 2.21 bits per heavy atom. The number of hydrogen-bond acceptors (Lipinski definition) is 2. The van der Waals surface area contributed by atoms with Crippen molar-refractivity contribution in [1.82, 2.24) is 0 Å². The zero-order valence-corrected chi connectivity index (χ0v) is 7.95. The quantitative estimate of drug-likeness (QED) is 0.711. The molecule has 0 aliphatic heterocycles. The van der Waals surface area contributed by atoms with Crippen LogP contribution in [0.2, 0.25) is 0 Å². The summed E-state index contributed by atoms with van der Waals surface area (Å²) >= 11 is 0. The molecule has 1 unspecified atom stereocenters. The van der Waals surface area contributed by atoms with Gasteiger partial charge in [0.2, 0.25) is 0 Å². The topological polar surface area (TPSA) is 57.5 Å². The van der Waals surface area contributed by atoms with Crippen molar-refractivity contribution in [2.24, 2.45) is 0 Å². The Morgan fingerprint density at radius 1 is 1.50 bits per heavy atom. The first kappa shape index (κ1) is 9.06. The molecule has 1 aliphatic carbocycles. The van der Waals surface area contributed by atoms with Gasteiger partial charge in [-0.3, -0.25) is 4.79 Å². The highest BCUT2D eigenvalue weighted by molar-refractivity contribution is 5.82. The van der Waals surface area contributed by atoms with E-state index in [-0.39, 0.29) is 5.75 Å². The van der Waals surface area contributed by atoms with Gasteiger partial charge in [-0.2, -0.15) is 0 Å². The van der Waals surface area contributed by atoms with Gasteiger partial charge >= 0.3 is 5.97 Å². The number of phenols is 1. The second-order valence-electron chi connectivity index (χ2n) is 3.98. The number of carboxylic acids is 1. The number of rotatable bonds is 1. The maximum atomic E-state index is 11.1. The predicted molar refractivity (Wildman–Crippen MR) is 51.4 cm³/mol. The van der Waals surface area contributed by atoms with Crippen LogP contribution in [0.1, 0.15) is 24.5 Å². The fourth-order valence-corrected chi connectivity index (χ4v) is 2.04. The van der Waals surface area contributed by atoms with E-state index in [1.165, 1.54) is 0 Å². The molecule has 14 heavy (non-hydrogen) atoms. The first-order valence-electron chi connectivity index (χ1n) is 4.60. The average Bonchev–Trinajstić information content (AvgIpc) is 2.46. The van der Waals surface area contributed by atoms with Crippen molar-refractivity contribution in [2.45, 2.75) is 25.2 Å². The molecule has 0 fully saturated rings. The molecule has 2 rings (SSSR count). The van der Waals surface area contributed by atoms with Crippen molar-refractivity contribution in [3.8, 4) is 5.75 Å². The van der Waals surface area contributed by atoms with Gasteiger partial charge in [0.05, 0.1) is 5.41 Å². The average molecular weight is 192 g/mol. The van der Waals surface area contributed by atoms with E-state index in [4.69, 9.17) is 5.11 Å². The van der Waals surface area contributed by atoms with Gasteiger partial charge < -0.3 is 10.2 Å². The van der Waals surface area contributed by atoms with E-state index in [0.717, 1.165) is 17.5 Å².